The van der Waals surface area contributed by atoms with Gasteiger partial charge >= 0.3 is 0 Å². The van der Waals surface area contributed by atoms with Crippen LogP contribution >= 0.6 is 22.7 Å². The zero-order chi connectivity index (χ0) is 34.9. The molecule has 0 radical (unpaired) electrons. The number of thiophene rings is 2. The molecule has 0 aliphatic heterocycles. The molecule has 9 aromatic carbocycles. The van der Waals surface area contributed by atoms with Gasteiger partial charge in [-0.15, -0.1) is 22.7 Å². The Hall–Kier alpha value is -6.26. The second-order valence-electron chi connectivity index (χ2n) is 13.6. The van der Waals surface area contributed by atoms with Gasteiger partial charge in [0.1, 0.15) is 0 Å². The van der Waals surface area contributed by atoms with Crippen molar-refractivity contribution in [3.63, 3.8) is 0 Å². The predicted octanol–water partition coefficient (Wildman–Crippen LogP) is 15.5. The second kappa shape index (κ2) is 12.2. The van der Waals surface area contributed by atoms with E-state index < -0.39 is 0 Å². The van der Waals surface area contributed by atoms with Crippen molar-refractivity contribution in [1.29, 1.82) is 0 Å². The molecule has 11 rings (SSSR count). The molecular weight excluding hydrogens is 679 g/mol. The molecular formula is C50H31NS2. The van der Waals surface area contributed by atoms with Crippen molar-refractivity contribution >= 4 is 102 Å². The van der Waals surface area contributed by atoms with Gasteiger partial charge in [0.15, 0.2) is 0 Å². The fourth-order valence-corrected chi connectivity index (χ4v) is 10.7. The van der Waals surface area contributed by atoms with Crippen molar-refractivity contribution in [3.05, 3.63) is 188 Å². The molecule has 1 nitrogen and oxygen atoms in total. The lowest BCUT2D eigenvalue weighted by Gasteiger charge is -2.31. The van der Waals surface area contributed by atoms with Crippen molar-refractivity contribution in [2.75, 3.05) is 4.90 Å². The third-order valence-electron chi connectivity index (χ3n) is 10.7. The summed E-state index contributed by atoms with van der Waals surface area (Å²) in [5, 5.41) is 10.2. The lowest BCUT2D eigenvalue weighted by atomic mass is 9.90. The summed E-state index contributed by atoms with van der Waals surface area (Å²) in [6, 6.07) is 69.2. The summed E-state index contributed by atoms with van der Waals surface area (Å²) < 4.78 is 5.26. The Kier molecular flexibility index (Phi) is 6.97. The third-order valence-corrected chi connectivity index (χ3v) is 13.0. The SMILES string of the molecule is c1ccc(-c2c(N(c3ccc(-c4cccc5c4sc4ccccc45)cc3)c3ccc4c(c3)sc3ccccc34)c3ccccc3c3ccccc23)cc1. The summed E-state index contributed by atoms with van der Waals surface area (Å²) in [6.45, 7) is 0. The van der Waals surface area contributed by atoms with Gasteiger partial charge in [0.05, 0.1) is 5.69 Å². The standard InChI is InChI=1S/C50H31NS2/c1-2-13-33(14-3-1)48-42-19-6-4-15-37(42)38-16-5-7-20-43(38)49(48)51(35-29-30-41-39-17-8-10-23-45(39)52-47(41)31-35)34-27-25-32(26-28-34)36-21-12-22-44-40-18-9-11-24-46(40)53-50(36)44/h1-31H. The summed E-state index contributed by atoms with van der Waals surface area (Å²) in [6.07, 6.45) is 0. The fourth-order valence-electron chi connectivity index (χ4n) is 8.28. The molecule has 0 amide bonds. The number of benzene rings is 9. The highest BCUT2D eigenvalue weighted by Crippen LogP contribution is 2.50. The molecule has 0 fully saturated rings. The molecule has 2 aromatic heterocycles. The maximum atomic E-state index is 2.50. The van der Waals surface area contributed by atoms with Crippen molar-refractivity contribution in [2.45, 2.75) is 0 Å². The Bertz CT molecular complexity index is 3170. The number of nitrogens with zero attached hydrogens (tertiary/aromatic N) is 1. The van der Waals surface area contributed by atoms with E-state index in [2.05, 4.69) is 193 Å². The summed E-state index contributed by atoms with van der Waals surface area (Å²) in [7, 11) is 0. The van der Waals surface area contributed by atoms with Gasteiger partial charge < -0.3 is 4.90 Å². The van der Waals surface area contributed by atoms with Crippen LogP contribution in [-0.4, -0.2) is 0 Å². The molecule has 0 spiro atoms. The molecule has 0 bridgehead atoms. The minimum Gasteiger partial charge on any atom is -0.309 e. The molecule has 0 saturated heterocycles. The van der Waals surface area contributed by atoms with Crippen LogP contribution < -0.4 is 4.90 Å². The van der Waals surface area contributed by atoms with Gasteiger partial charge in [-0.05, 0) is 69.2 Å². The highest BCUT2D eigenvalue weighted by molar-refractivity contribution is 7.26. The van der Waals surface area contributed by atoms with Crippen LogP contribution in [0.15, 0.2) is 188 Å². The van der Waals surface area contributed by atoms with Crippen LogP contribution in [0.25, 0.3) is 84.1 Å². The van der Waals surface area contributed by atoms with Crippen molar-refractivity contribution in [3.8, 4) is 22.3 Å². The monoisotopic (exact) mass is 709 g/mol. The van der Waals surface area contributed by atoms with Gasteiger partial charge in [-0.2, -0.15) is 0 Å². The van der Waals surface area contributed by atoms with Crippen molar-refractivity contribution in [1.82, 2.24) is 0 Å². The van der Waals surface area contributed by atoms with Gasteiger partial charge in [0, 0.05) is 62.7 Å². The normalized spacial score (nSPS) is 11.8. The van der Waals surface area contributed by atoms with Gasteiger partial charge in [0.25, 0.3) is 0 Å². The van der Waals surface area contributed by atoms with E-state index in [1.54, 1.807) is 0 Å². The molecule has 2 heterocycles. The number of hydrogen-bond acceptors (Lipinski definition) is 3. The van der Waals surface area contributed by atoms with Gasteiger partial charge in [0.2, 0.25) is 0 Å². The van der Waals surface area contributed by atoms with E-state index in [0.717, 1.165) is 11.4 Å². The first-order valence-electron chi connectivity index (χ1n) is 18.0. The third kappa shape index (κ3) is 4.82. The Morgan fingerprint density at radius 1 is 0.321 bits per heavy atom. The fraction of sp³-hybridized carbons (Fsp3) is 0. The Balaban J connectivity index is 1.19. The van der Waals surface area contributed by atoms with Gasteiger partial charge in [-0.3, -0.25) is 0 Å². The van der Waals surface area contributed by atoms with E-state index in [9.17, 15) is 0 Å². The highest BCUT2D eigenvalue weighted by Gasteiger charge is 2.24. The van der Waals surface area contributed by atoms with E-state index in [4.69, 9.17) is 0 Å². The average molecular weight is 710 g/mol. The molecule has 0 saturated carbocycles. The van der Waals surface area contributed by atoms with Crippen LogP contribution in [0, 0.1) is 0 Å². The first kappa shape index (κ1) is 30.4. The Labute approximate surface area is 315 Å². The zero-order valence-electron chi connectivity index (χ0n) is 28.7. The van der Waals surface area contributed by atoms with Crippen LogP contribution in [0.5, 0.6) is 0 Å². The largest absolute Gasteiger partial charge is 0.309 e. The van der Waals surface area contributed by atoms with Crippen LogP contribution in [0.4, 0.5) is 17.1 Å². The topological polar surface area (TPSA) is 3.24 Å². The number of fused-ring (bicyclic) bond motifs is 9. The second-order valence-corrected chi connectivity index (χ2v) is 15.8. The summed E-state index contributed by atoms with van der Waals surface area (Å²) in [4.78, 5) is 2.50. The van der Waals surface area contributed by atoms with Crippen LogP contribution in [0.1, 0.15) is 0 Å². The molecule has 0 atom stereocenters. The highest BCUT2D eigenvalue weighted by atomic mass is 32.1. The lowest BCUT2D eigenvalue weighted by Crippen LogP contribution is -2.12. The molecule has 0 unspecified atom stereocenters. The summed E-state index contributed by atoms with van der Waals surface area (Å²) in [5.74, 6) is 0. The number of rotatable bonds is 5. The van der Waals surface area contributed by atoms with Crippen LogP contribution in [0.2, 0.25) is 0 Å². The van der Waals surface area contributed by atoms with E-state index in [0.29, 0.717) is 0 Å². The molecule has 53 heavy (non-hydrogen) atoms. The maximum Gasteiger partial charge on any atom is 0.0624 e. The molecule has 3 heteroatoms. The molecule has 0 N–H and O–H groups in total. The zero-order valence-corrected chi connectivity index (χ0v) is 30.3. The van der Waals surface area contributed by atoms with E-state index in [1.807, 2.05) is 22.7 Å². The van der Waals surface area contributed by atoms with Crippen molar-refractivity contribution < 1.29 is 0 Å². The molecule has 248 valence electrons. The van der Waals surface area contributed by atoms with Gasteiger partial charge in [-0.25, -0.2) is 0 Å². The van der Waals surface area contributed by atoms with Crippen LogP contribution in [-0.2, 0) is 0 Å². The first-order chi connectivity index (χ1) is 26.3. The minimum atomic E-state index is 1.12. The van der Waals surface area contributed by atoms with E-state index in [-0.39, 0.29) is 0 Å². The molecule has 0 aliphatic rings. The summed E-state index contributed by atoms with van der Waals surface area (Å²) >= 11 is 3.75. The summed E-state index contributed by atoms with van der Waals surface area (Å²) in [5.41, 5.74) is 8.37. The molecule has 11 aromatic rings. The maximum absolute atomic E-state index is 2.50. The van der Waals surface area contributed by atoms with Crippen molar-refractivity contribution in [2.24, 2.45) is 0 Å². The number of anilines is 3. The quantitative estimate of drug-likeness (QED) is 0.161. The number of hydrogen-bond donors (Lipinski definition) is 0. The lowest BCUT2D eigenvalue weighted by molar-refractivity contribution is 1.31. The predicted molar refractivity (Wildman–Crippen MR) is 233 cm³/mol. The first-order valence-corrected chi connectivity index (χ1v) is 19.6. The van der Waals surface area contributed by atoms with Crippen LogP contribution in [0.3, 0.4) is 0 Å². The minimum absolute atomic E-state index is 1.12. The van der Waals surface area contributed by atoms with E-state index >= 15 is 0 Å². The molecule has 0 aliphatic carbocycles. The Morgan fingerprint density at radius 2 is 0.868 bits per heavy atom. The average Bonchev–Trinajstić information content (AvgIpc) is 3.80. The smallest absolute Gasteiger partial charge is 0.0624 e. The van der Waals surface area contributed by atoms with E-state index in [1.165, 1.54) is 89.8 Å². The van der Waals surface area contributed by atoms with Gasteiger partial charge in [-0.1, -0.05) is 152 Å². The Morgan fingerprint density at radius 3 is 1.62 bits per heavy atom.